The molecule has 2 aromatic heterocycles. The molecule has 1 atom stereocenters. The Morgan fingerprint density at radius 2 is 2.00 bits per heavy atom. The van der Waals surface area contributed by atoms with E-state index in [4.69, 9.17) is 14.2 Å². The van der Waals surface area contributed by atoms with Crippen LogP contribution in [-0.2, 0) is 9.47 Å². The molecule has 0 spiro atoms. The van der Waals surface area contributed by atoms with Gasteiger partial charge in [-0.3, -0.25) is 0 Å². The lowest BCUT2D eigenvalue weighted by Crippen LogP contribution is -2.50. The van der Waals surface area contributed by atoms with E-state index in [2.05, 4.69) is 20.7 Å². The number of alkyl carbamates (subject to hydrolysis) is 1. The van der Waals surface area contributed by atoms with Crippen molar-refractivity contribution in [2.75, 3.05) is 11.9 Å². The minimum Gasteiger partial charge on any atom is -0.490 e. The molecule has 0 radical (unpaired) electrons. The van der Waals surface area contributed by atoms with Crippen molar-refractivity contribution >= 4 is 23.5 Å². The van der Waals surface area contributed by atoms with E-state index in [0.29, 0.717) is 35.6 Å². The average molecular weight is 514 g/mol. The fraction of sp³-hybridized carbons (Fsp3) is 0.462. The second kappa shape index (κ2) is 10.6. The summed E-state index contributed by atoms with van der Waals surface area (Å²) in [4.78, 5) is 28.7. The maximum atomic E-state index is 14.2. The molecule has 2 N–H and O–H groups in total. The average Bonchev–Trinajstić information content (AvgIpc) is 3.21. The van der Waals surface area contributed by atoms with Gasteiger partial charge in [0.15, 0.2) is 5.65 Å². The number of rotatable bonds is 8. The van der Waals surface area contributed by atoms with Gasteiger partial charge in [-0.25, -0.2) is 23.5 Å². The van der Waals surface area contributed by atoms with Crippen molar-refractivity contribution in [1.29, 1.82) is 0 Å². The fourth-order valence-corrected chi connectivity index (χ4v) is 4.00. The van der Waals surface area contributed by atoms with E-state index in [1.54, 1.807) is 25.3 Å². The first kappa shape index (κ1) is 26.2. The van der Waals surface area contributed by atoms with Gasteiger partial charge in [0.25, 0.3) is 0 Å². The Morgan fingerprint density at radius 3 is 2.70 bits per heavy atom. The highest BCUT2D eigenvalue weighted by atomic mass is 19.1. The van der Waals surface area contributed by atoms with Gasteiger partial charge in [0.2, 0.25) is 0 Å². The van der Waals surface area contributed by atoms with Crippen LogP contribution in [0.1, 0.15) is 69.4 Å². The summed E-state index contributed by atoms with van der Waals surface area (Å²) in [6, 6.07) is 5.67. The van der Waals surface area contributed by atoms with Crippen LogP contribution in [0.5, 0.6) is 5.75 Å². The van der Waals surface area contributed by atoms with Crippen LogP contribution in [0.4, 0.5) is 15.0 Å². The summed E-state index contributed by atoms with van der Waals surface area (Å²) >= 11 is 0. The highest BCUT2D eigenvalue weighted by Crippen LogP contribution is 2.33. The number of amides is 1. The fourth-order valence-electron chi connectivity index (χ4n) is 4.00. The number of hydrogen-bond acceptors (Lipinski definition) is 8. The van der Waals surface area contributed by atoms with Gasteiger partial charge in [-0.1, -0.05) is 0 Å². The van der Waals surface area contributed by atoms with Crippen molar-refractivity contribution in [3.05, 3.63) is 53.6 Å². The van der Waals surface area contributed by atoms with Crippen LogP contribution >= 0.6 is 0 Å². The minimum atomic E-state index is -0.562. The third-order valence-corrected chi connectivity index (χ3v) is 5.78. The molecule has 4 rings (SSSR count). The molecule has 11 heteroatoms. The molecular formula is C26H32FN5O5. The van der Waals surface area contributed by atoms with Crippen LogP contribution in [0, 0.1) is 5.82 Å². The first-order chi connectivity index (χ1) is 17.5. The van der Waals surface area contributed by atoms with Crippen molar-refractivity contribution in [1.82, 2.24) is 19.9 Å². The molecule has 1 aromatic carbocycles. The van der Waals surface area contributed by atoms with Crippen molar-refractivity contribution in [3.63, 3.8) is 0 Å². The predicted octanol–water partition coefficient (Wildman–Crippen LogP) is 4.65. The Kier molecular flexibility index (Phi) is 7.51. The van der Waals surface area contributed by atoms with E-state index < -0.39 is 23.5 Å². The molecule has 37 heavy (non-hydrogen) atoms. The number of carbonyl (C=O) groups is 2. The van der Waals surface area contributed by atoms with Crippen LogP contribution in [0.2, 0.25) is 0 Å². The third kappa shape index (κ3) is 6.46. The molecule has 2 heterocycles. The molecule has 1 aliphatic carbocycles. The van der Waals surface area contributed by atoms with Crippen LogP contribution in [0.25, 0.3) is 5.65 Å². The van der Waals surface area contributed by atoms with Gasteiger partial charge in [0, 0.05) is 30.6 Å². The molecule has 0 aliphatic heterocycles. The van der Waals surface area contributed by atoms with Gasteiger partial charge in [0.05, 0.1) is 18.8 Å². The zero-order valence-electron chi connectivity index (χ0n) is 21.6. The number of anilines is 1. The second-order valence-corrected chi connectivity index (χ2v) is 9.96. The second-order valence-electron chi connectivity index (χ2n) is 9.96. The molecule has 1 amide bonds. The smallest absolute Gasteiger partial charge is 0.407 e. The van der Waals surface area contributed by atoms with E-state index in [0.717, 1.165) is 0 Å². The lowest BCUT2D eigenvalue weighted by Gasteiger charge is -2.36. The van der Waals surface area contributed by atoms with Gasteiger partial charge in [-0.05, 0) is 58.9 Å². The lowest BCUT2D eigenvalue weighted by atomic mass is 9.89. The van der Waals surface area contributed by atoms with Crippen molar-refractivity contribution in [3.8, 4) is 5.75 Å². The number of halogens is 1. The van der Waals surface area contributed by atoms with E-state index in [9.17, 15) is 14.0 Å². The predicted molar refractivity (Wildman–Crippen MR) is 134 cm³/mol. The Labute approximate surface area is 214 Å². The summed E-state index contributed by atoms with van der Waals surface area (Å²) in [7, 11) is 0. The number of aromatic nitrogens is 3. The quantitative estimate of drug-likeness (QED) is 0.418. The van der Waals surface area contributed by atoms with Crippen LogP contribution in [-0.4, -0.2) is 51.0 Å². The zero-order valence-corrected chi connectivity index (χ0v) is 21.6. The van der Waals surface area contributed by atoms with E-state index in [1.807, 2.05) is 27.7 Å². The Morgan fingerprint density at radius 1 is 1.24 bits per heavy atom. The summed E-state index contributed by atoms with van der Waals surface area (Å²) in [5.74, 6) is 0.125. The summed E-state index contributed by atoms with van der Waals surface area (Å²) in [5.41, 5.74) is 0.661. The number of esters is 1. The molecule has 3 aromatic rings. The largest absolute Gasteiger partial charge is 0.490 e. The molecule has 0 bridgehead atoms. The number of nitrogens with zero attached hydrogens (tertiary/aromatic N) is 3. The summed E-state index contributed by atoms with van der Waals surface area (Å²) in [5, 5.41) is 10.2. The van der Waals surface area contributed by atoms with E-state index in [-0.39, 0.29) is 30.4 Å². The third-order valence-electron chi connectivity index (χ3n) is 5.78. The molecule has 1 aliphatic rings. The highest BCUT2D eigenvalue weighted by molar-refractivity contribution is 5.95. The molecule has 0 saturated heterocycles. The van der Waals surface area contributed by atoms with Crippen molar-refractivity contribution < 1.29 is 28.2 Å². The highest BCUT2D eigenvalue weighted by Gasteiger charge is 2.34. The molecule has 1 saturated carbocycles. The molecule has 1 fully saturated rings. The first-order valence-corrected chi connectivity index (χ1v) is 12.3. The van der Waals surface area contributed by atoms with Gasteiger partial charge in [-0.15, -0.1) is 0 Å². The zero-order chi connectivity index (χ0) is 26.7. The van der Waals surface area contributed by atoms with Crippen molar-refractivity contribution in [2.24, 2.45) is 0 Å². The molecular weight excluding hydrogens is 481 g/mol. The van der Waals surface area contributed by atoms with E-state index >= 15 is 0 Å². The Hall–Kier alpha value is -3.89. The number of nitrogens with one attached hydrogen (secondary N) is 2. The number of fused-ring (bicyclic) bond motifs is 1. The van der Waals surface area contributed by atoms with Crippen LogP contribution in [0.3, 0.4) is 0 Å². The van der Waals surface area contributed by atoms with Gasteiger partial charge in [-0.2, -0.15) is 5.10 Å². The summed E-state index contributed by atoms with van der Waals surface area (Å²) in [6.45, 7) is 9.27. The lowest BCUT2D eigenvalue weighted by molar-refractivity contribution is 0.0360. The molecule has 198 valence electrons. The van der Waals surface area contributed by atoms with Gasteiger partial charge >= 0.3 is 12.1 Å². The molecule has 0 unspecified atom stereocenters. The molecule has 10 nitrogen and oxygen atoms in total. The van der Waals surface area contributed by atoms with Crippen LogP contribution in [0.15, 0.2) is 36.7 Å². The number of ether oxygens (including phenoxy) is 3. The monoisotopic (exact) mass is 513 g/mol. The summed E-state index contributed by atoms with van der Waals surface area (Å²) in [6.07, 6.45) is 3.75. The SMILES string of the molecule is CCOC(=O)c1cnn2ccc(N[C@H](C)c3cc(F)ccc3OC3CC(NC(=O)OC(C)(C)C)C3)nc12. The standard InChI is InChI=1S/C26H32FN5O5/c1-6-35-24(33)20-14-28-32-10-9-22(31-23(20)32)29-15(2)19-11-16(27)7-8-21(19)36-18-12-17(13-18)30-25(34)37-26(3,4)5/h7-11,14-15,17-18H,6,12-13H2,1-5H3,(H,29,31)(H,30,34)/t15-,17?,18?/m1/s1. The maximum Gasteiger partial charge on any atom is 0.407 e. The minimum absolute atomic E-state index is 0.0422. The Bertz CT molecular complexity index is 1280. The van der Waals surface area contributed by atoms with Gasteiger partial charge in [0.1, 0.15) is 34.7 Å². The Balaban J connectivity index is 1.42. The number of carbonyl (C=O) groups excluding carboxylic acids is 2. The number of hydrogen-bond donors (Lipinski definition) is 2. The normalized spacial score (nSPS) is 18.0. The van der Waals surface area contributed by atoms with Crippen molar-refractivity contribution in [2.45, 2.75) is 71.2 Å². The van der Waals surface area contributed by atoms with E-state index in [1.165, 1.54) is 22.8 Å². The van der Waals surface area contributed by atoms with Gasteiger partial charge < -0.3 is 24.8 Å². The maximum absolute atomic E-state index is 14.2. The summed E-state index contributed by atoms with van der Waals surface area (Å²) < 4.78 is 32.2. The number of benzene rings is 1. The van der Waals surface area contributed by atoms with Crippen LogP contribution < -0.4 is 15.4 Å². The topological polar surface area (TPSA) is 116 Å². The first-order valence-electron chi connectivity index (χ1n) is 12.3.